The number of hydrogen-bond donors (Lipinski definition) is 1. The molecule has 1 aromatic carbocycles. The summed E-state index contributed by atoms with van der Waals surface area (Å²) in [6.07, 6.45) is 2.82. The average Bonchev–Trinajstić information content (AvgIpc) is 2.73. The van der Waals surface area contributed by atoms with E-state index in [0.29, 0.717) is 6.61 Å². The van der Waals surface area contributed by atoms with Crippen LogP contribution in [0.25, 0.3) is 0 Å². The number of nitrogens with two attached hydrogens (primary N) is 1. The van der Waals surface area contributed by atoms with Crippen molar-refractivity contribution in [3.05, 3.63) is 47.4 Å². The molecule has 0 amide bonds. The molecule has 0 radical (unpaired) electrons. The van der Waals surface area contributed by atoms with Gasteiger partial charge in [0.1, 0.15) is 12.4 Å². The molecule has 18 heavy (non-hydrogen) atoms. The second-order valence-electron chi connectivity index (χ2n) is 5.03. The first kappa shape index (κ1) is 12.6. The summed E-state index contributed by atoms with van der Waals surface area (Å²) in [5.74, 6) is -0.213. The van der Waals surface area contributed by atoms with E-state index in [1.807, 2.05) is 18.2 Å². The zero-order valence-electron chi connectivity index (χ0n) is 10.6. The molecule has 0 spiro atoms. The SMILES string of the molecule is CC(C)(C/C=C1\COC(N)=N1)c1ccc(F)cc1. The van der Waals surface area contributed by atoms with Crippen LogP contribution in [-0.4, -0.2) is 12.6 Å². The van der Waals surface area contributed by atoms with Crippen molar-refractivity contribution in [2.24, 2.45) is 10.7 Å². The quantitative estimate of drug-likeness (QED) is 0.894. The van der Waals surface area contributed by atoms with Crippen LogP contribution in [0.15, 0.2) is 41.0 Å². The molecule has 1 aliphatic rings. The second kappa shape index (κ2) is 4.80. The highest BCUT2D eigenvalue weighted by molar-refractivity contribution is 5.74. The van der Waals surface area contributed by atoms with E-state index in [1.54, 1.807) is 0 Å². The summed E-state index contributed by atoms with van der Waals surface area (Å²) >= 11 is 0. The molecule has 0 saturated carbocycles. The van der Waals surface area contributed by atoms with Gasteiger partial charge in [-0.25, -0.2) is 4.39 Å². The lowest BCUT2D eigenvalue weighted by molar-refractivity contribution is 0.357. The van der Waals surface area contributed by atoms with Crippen molar-refractivity contribution < 1.29 is 9.13 Å². The van der Waals surface area contributed by atoms with Gasteiger partial charge in [-0.1, -0.05) is 32.1 Å². The van der Waals surface area contributed by atoms with Gasteiger partial charge in [-0.15, -0.1) is 0 Å². The minimum absolute atomic E-state index is 0.0758. The Morgan fingerprint density at radius 3 is 2.61 bits per heavy atom. The molecule has 1 aromatic rings. The highest BCUT2D eigenvalue weighted by Crippen LogP contribution is 2.28. The molecule has 3 nitrogen and oxygen atoms in total. The van der Waals surface area contributed by atoms with Crippen LogP contribution >= 0.6 is 0 Å². The van der Waals surface area contributed by atoms with E-state index in [4.69, 9.17) is 10.5 Å². The summed E-state index contributed by atoms with van der Waals surface area (Å²) in [5.41, 5.74) is 7.31. The van der Waals surface area contributed by atoms with E-state index in [1.165, 1.54) is 12.1 Å². The Morgan fingerprint density at radius 2 is 2.06 bits per heavy atom. The summed E-state index contributed by atoms with van der Waals surface area (Å²) in [4.78, 5) is 4.07. The van der Waals surface area contributed by atoms with Gasteiger partial charge < -0.3 is 10.5 Å². The summed E-state index contributed by atoms with van der Waals surface area (Å²) in [6.45, 7) is 4.66. The summed E-state index contributed by atoms with van der Waals surface area (Å²) in [7, 11) is 0. The molecule has 0 aliphatic carbocycles. The molecule has 2 N–H and O–H groups in total. The smallest absolute Gasteiger partial charge is 0.287 e. The number of benzene rings is 1. The van der Waals surface area contributed by atoms with Gasteiger partial charge in [0.05, 0.1) is 5.70 Å². The second-order valence-corrected chi connectivity index (χ2v) is 5.03. The van der Waals surface area contributed by atoms with Gasteiger partial charge in [0.2, 0.25) is 0 Å². The number of amidine groups is 1. The third-order valence-corrected chi connectivity index (χ3v) is 3.10. The molecule has 0 aromatic heterocycles. The Kier molecular flexibility index (Phi) is 3.36. The molecule has 0 bridgehead atoms. The third-order valence-electron chi connectivity index (χ3n) is 3.10. The van der Waals surface area contributed by atoms with E-state index in [2.05, 4.69) is 18.8 Å². The van der Waals surface area contributed by atoms with E-state index >= 15 is 0 Å². The minimum atomic E-state index is -0.213. The lowest BCUT2D eigenvalue weighted by atomic mass is 9.81. The van der Waals surface area contributed by atoms with Crippen LogP contribution in [0.1, 0.15) is 25.8 Å². The Morgan fingerprint density at radius 1 is 1.39 bits per heavy atom. The zero-order valence-corrected chi connectivity index (χ0v) is 10.6. The van der Waals surface area contributed by atoms with Crippen molar-refractivity contribution in [3.8, 4) is 0 Å². The Labute approximate surface area is 106 Å². The molecule has 0 atom stereocenters. The normalized spacial score (nSPS) is 17.7. The van der Waals surface area contributed by atoms with Crippen LogP contribution in [0.5, 0.6) is 0 Å². The monoisotopic (exact) mass is 248 g/mol. The van der Waals surface area contributed by atoms with Gasteiger partial charge in [0.25, 0.3) is 6.02 Å². The predicted molar refractivity (Wildman–Crippen MR) is 69.7 cm³/mol. The van der Waals surface area contributed by atoms with Crippen molar-refractivity contribution in [2.45, 2.75) is 25.7 Å². The van der Waals surface area contributed by atoms with Crippen LogP contribution in [0.4, 0.5) is 4.39 Å². The van der Waals surface area contributed by atoms with Crippen molar-refractivity contribution >= 4 is 6.02 Å². The molecule has 96 valence electrons. The molecule has 0 unspecified atom stereocenters. The number of ether oxygens (including phenoxy) is 1. The fourth-order valence-corrected chi connectivity index (χ4v) is 1.85. The van der Waals surface area contributed by atoms with Crippen LogP contribution in [-0.2, 0) is 10.2 Å². The summed E-state index contributed by atoms with van der Waals surface area (Å²) < 4.78 is 18.0. The number of aliphatic imine (C=N–C) groups is 1. The zero-order chi connectivity index (χ0) is 13.2. The molecular formula is C14H17FN2O. The van der Waals surface area contributed by atoms with Gasteiger partial charge in [-0.2, -0.15) is 4.99 Å². The first-order chi connectivity index (χ1) is 8.47. The van der Waals surface area contributed by atoms with Crippen LogP contribution in [0.3, 0.4) is 0 Å². The number of hydrogen-bond acceptors (Lipinski definition) is 3. The maximum absolute atomic E-state index is 12.9. The largest absolute Gasteiger partial charge is 0.459 e. The molecule has 4 heteroatoms. The minimum Gasteiger partial charge on any atom is -0.459 e. The fourth-order valence-electron chi connectivity index (χ4n) is 1.85. The van der Waals surface area contributed by atoms with Gasteiger partial charge in [0.15, 0.2) is 0 Å². The van der Waals surface area contributed by atoms with Gasteiger partial charge in [-0.05, 0) is 29.5 Å². The molecule has 1 aliphatic heterocycles. The first-order valence-corrected chi connectivity index (χ1v) is 5.89. The van der Waals surface area contributed by atoms with Gasteiger partial charge in [0, 0.05) is 0 Å². The van der Waals surface area contributed by atoms with Crippen LogP contribution < -0.4 is 5.73 Å². The molecular weight excluding hydrogens is 231 g/mol. The maximum Gasteiger partial charge on any atom is 0.287 e. The van der Waals surface area contributed by atoms with Crippen LogP contribution in [0.2, 0.25) is 0 Å². The Balaban J connectivity index is 2.10. The highest BCUT2D eigenvalue weighted by Gasteiger charge is 2.20. The fraction of sp³-hybridized carbons (Fsp3) is 0.357. The van der Waals surface area contributed by atoms with E-state index in [0.717, 1.165) is 17.7 Å². The van der Waals surface area contributed by atoms with E-state index in [-0.39, 0.29) is 17.3 Å². The maximum atomic E-state index is 12.9. The molecule has 0 saturated heterocycles. The van der Waals surface area contributed by atoms with Crippen molar-refractivity contribution in [1.82, 2.24) is 0 Å². The summed E-state index contributed by atoms with van der Waals surface area (Å²) in [5, 5.41) is 0. The van der Waals surface area contributed by atoms with Crippen LogP contribution in [0, 0.1) is 5.82 Å². The predicted octanol–water partition coefficient (Wildman–Crippen LogP) is 2.72. The number of halogens is 1. The van der Waals surface area contributed by atoms with E-state index in [9.17, 15) is 4.39 Å². The van der Waals surface area contributed by atoms with Gasteiger partial charge >= 0.3 is 0 Å². The lowest BCUT2D eigenvalue weighted by Crippen LogP contribution is -2.16. The van der Waals surface area contributed by atoms with Crippen molar-refractivity contribution in [2.75, 3.05) is 6.61 Å². The van der Waals surface area contributed by atoms with Crippen molar-refractivity contribution in [3.63, 3.8) is 0 Å². The Bertz CT molecular complexity index is 489. The molecule has 0 fully saturated rings. The highest BCUT2D eigenvalue weighted by atomic mass is 19.1. The van der Waals surface area contributed by atoms with Crippen molar-refractivity contribution in [1.29, 1.82) is 0 Å². The van der Waals surface area contributed by atoms with E-state index < -0.39 is 0 Å². The average molecular weight is 248 g/mol. The topological polar surface area (TPSA) is 47.6 Å². The number of rotatable bonds is 3. The first-order valence-electron chi connectivity index (χ1n) is 5.89. The number of nitrogens with zero attached hydrogens (tertiary/aromatic N) is 1. The Hall–Kier alpha value is -1.84. The third kappa shape index (κ3) is 2.88. The number of allylic oxidation sites excluding steroid dienone is 1. The standard InChI is InChI=1S/C14H17FN2O/c1-14(2,10-3-5-11(15)6-4-10)8-7-12-9-18-13(16)17-12/h3-7H,8-9H2,1-2H3,(H2,16,17)/b12-7+. The summed E-state index contributed by atoms with van der Waals surface area (Å²) in [6, 6.07) is 6.83. The lowest BCUT2D eigenvalue weighted by Gasteiger charge is -2.23. The van der Waals surface area contributed by atoms with Gasteiger partial charge in [-0.3, -0.25) is 0 Å². The molecule has 2 rings (SSSR count). The molecule has 1 heterocycles.